The Morgan fingerprint density at radius 2 is 2.08 bits per heavy atom. The molecule has 0 saturated carbocycles. The van der Waals surface area contributed by atoms with Gasteiger partial charge in [0.2, 0.25) is 11.8 Å². The largest absolute Gasteiger partial charge is 0.426 e. The maximum Gasteiger partial charge on any atom is 0.216 e. The van der Waals surface area contributed by atoms with Crippen molar-refractivity contribution in [3.8, 4) is 0 Å². The fourth-order valence-corrected chi connectivity index (χ4v) is 4.65. The highest BCUT2D eigenvalue weighted by atomic mass is 16.4. The van der Waals surface area contributed by atoms with Crippen molar-refractivity contribution < 1.29 is 4.42 Å². The average molecular weight is 325 g/mol. The first kappa shape index (κ1) is 15.8. The van der Waals surface area contributed by atoms with Crippen LogP contribution < -0.4 is 0 Å². The highest BCUT2D eigenvalue weighted by Gasteiger charge is 2.34. The first-order chi connectivity index (χ1) is 11.8. The Balaban J connectivity index is 1.40. The molecule has 1 aliphatic heterocycles. The van der Waals surface area contributed by atoms with Crippen LogP contribution in [-0.4, -0.2) is 34.2 Å². The van der Waals surface area contributed by atoms with E-state index in [0.717, 1.165) is 37.2 Å². The van der Waals surface area contributed by atoms with E-state index >= 15 is 0 Å². The number of aromatic nitrogens is 2. The first-order valence-electron chi connectivity index (χ1n) is 9.42. The molecule has 1 aromatic carbocycles. The van der Waals surface area contributed by atoms with Gasteiger partial charge in [-0.25, -0.2) is 0 Å². The fourth-order valence-electron chi connectivity index (χ4n) is 4.65. The molecule has 1 aliphatic carbocycles. The van der Waals surface area contributed by atoms with Gasteiger partial charge in [0.05, 0.1) is 0 Å². The van der Waals surface area contributed by atoms with E-state index in [4.69, 9.17) is 4.42 Å². The normalized spacial score (nSPS) is 24.2. The van der Waals surface area contributed by atoms with Crippen LogP contribution in [0.5, 0.6) is 0 Å². The van der Waals surface area contributed by atoms with Gasteiger partial charge in [-0.1, -0.05) is 24.3 Å². The molecule has 0 bridgehead atoms. The summed E-state index contributed by atoms with van der Waals surface area (Å²) in [7, 11) is 0. The molecule has 2 atom stereocenters. The smallest absolute Gasteiger partial charge is 0.216 e. The summed E-state index contributed by atoms with van der Waals surface area (Å²) in [6.45, 7) is 4.24. The van der Waals surface area contributed by atoms with Gasteiger partial charge in [0.1, 0.15) is 0 Å². The second-order valence-corrected chi connectivity index (χ2v) is 7.26. The van der Waals surface area contributed by atoms with Crippen LogP contribution >= 0.6 is 0 Å². The molecule has 2 aliphatic rings. The van der Waals surface area contributed by atoms with Gasteiger partial charge in [-0.3, -0.25) is 4.90 Å². The first-order valence-corrected chi connectivity index (χ1v) is 9.42. The second-order valence-electron chi connectivity index (χ2n) is 7.26. The zero-order valence-corrected chi connectivity index (χ0v) is 14.6. The molecule has 4 heteroatoms. The summed E-state index contributed by atoms with van der Waals surface area (Å²) in [5, 5.41) is 8.03. The maximum absolute atomic E-state index is 5.50. The highest BCUT2D eigenvalue weighted by Crippen LogP contribution is 2.39. The summed E-state index contributed by atoms with van der Waals surface area (Å²) in [5.74, 6) is 2.18. The number of aryl methyl sites for hydroxylation is 3. The van der Waals surface area contributed by atoms with Gasteiger partial charge in [0.25, 0.3) is 0 Å². The van der Waals surface area contributed by atoms with E-state index in [1.807, 2.05) is 6.92 Å². The van der Waals surface area contributed by atoms with Crippen LogP contribution in [0, 0.1) is 6.92 Å². The molecule has 1 saturated heterocycles. The summed E-state index contributed by atoms with van der Waals surface area (Å²) >= 11 is 0. The van der Waals surface area contributed by atoms with Crippen LogP contribution in [0.3, 0.4) is 0 Å². The summed E-state index contributed by atoms with van der Waals surface area (Å²) < 4.78 is 5.50. The number of hydrogen-bond acceptors (Lipinski definition) is 4. The molecule has 1 aromatic heterocycles. The lowest BCUT2D eigenvalue weighted by molar-refractivity contribution is 0.209. The minimum absolute atomic E-state index is 0.669. The molecule has 4 rings (SSSR count). The molecule has 2 aromatic rings. The fraction of sp³-hybridized carbons (Fsp3) is 0.600. The van der Waals surface area contributed by atoms with Crippen LogP contribution in [0.1, 0.15) is 60.9 Å². The topological polar surface area (TPSA) is 42.2 Å². The van der Waals surface area contributed by atoms with Gasteiger partial charge in [0, 0.05) is 19.4 Å². The summed E-state index contributed by atoms with van der Waals surface area (Å²) in [6.07, 6.45) is 8.63. The predicted molar refractivity (Wildman–Crippen MR) is 94.1 cm³/mol. The molecule has 1 fully saturated rings. The number of rotatable bonds is 5. The highest BCUT2D eigenvalue weighted by molar-refractivity contribution is 5.34. The van der Waals surface area contributed by atoms with Crippen molar-refractivity contribution in [1.82, 2.24) is 15.1 Å². The Morgan fingerprint density at radius 3 is 2.96 bits per heavy atom. The van der Waals surface area contributed by atoms with E-state index in [2.05, 4.69) is 39.4 Å². The molecule has 0 N–H and O–H groups in total. The third kappa shape index (κ3) is 3.25. The van der Waals surface area contributed by atoms with E-state index in [1.54, 1.807) is 11.1 Å². The third-order valence-corrected chi connectivity index (χ3v) is 5.70. The lowest BCUT2D eigenvalue weighted by atomic mass is 9.78. The number of nitrogens with zero attached hydrogens (tertiary/aromatic N) is 3. The third-order valence-electron chi connectivity index (χ3n) is 5.70. The lowest BCUT2D eigenvalue weighted by Gasteiger charge is -2.35. The van der Waals surface area contributed by atoms with Crippen molar-refractivity contribution in [2.24, 2.45) is 0 Å². The Labute approximate surface area is 144 Å². The molecule has 2 heterocycles. The van der Waals surface area contributed by atoms with Crippen LogP contribution in [0.2, 0.25) is 0 Å². The van der Waals surface area contributed by atoms with Crippen LogP contribution in [0.15, 0.2) is 28.7 Å². The van der Waals surface area contributed by atoms with E-state index in [-0.39, 0.29) is 0 Å². The van der Waals surface area contributed by atoms with Gasteiger partial charge in [-0.2, -0.15) is 0 Å². The Kier molecular flexibility index (Phi) is 4.65. The van der Waals surface area contributed by atoms with Gasteiger partial charge >= 0.3 is 0 Å². The number of hydrogen-bond donors (Lipinski definition) is 0. The van der Waals surface area contributed by atoms with Gasteiger partial charge in [-0.05, 0) is 68.7 Å². The molecule has 128 valence electrons. The molecular formula is C20H27N3O. The monoisotopic (exact) mass is 325 g/mol. The molecule has 4 nitrogen and oxygen atoms in total. The van der Waals surface area contributed by atoms with E-state index in [0.29, 0.717) is 5.89 Å². The van der Waals surface area contributed by atoms with E-state index in [1.165, 1.54) is 38.6 Å². The van der Waals surface area contributed by atoms with Crippen molar-refractivity contribution in [1.29, 1.82) is 0 Å². The number of benzene rings is 1. The van der Waals surface area contributed by atoms with Crippen LogP contribution in [0.25, 0.3) is 0 Å². The van der Waals surface area contributed by atoms with Crippen molar-refractivity contribution in [2.75, 3.05) is 13.1 Å². The number of fused-ring (bicyclic) bond motifs is 1. The molecule has 0 unspecified atom stereocenters. The summed E-state index contributed by atoms with van der Waals surface area (Å²) in [6, 6.07) is 9.83. The zero-order valence-electron chi connectivity index (χ0n) is 14.6. The Bertz CT molecular complexity index is 681. The van der Waals surface area contributed by atoms with E-state index in [9.17, 15) is 0 Å². The lowest BCUT2D eigenvalue weighted by Crippen LogP contribution is -2.36. The van der Waals surface area contributed by atoms with E-state index < -0.39 is 0 Å². The minimum atomic E-state index is 0.669. The molecule has 0 radical (unpaired) electrons. The van der Waals surface area contributed by atoms with Crippen LogP contribution in [0.4, 0.5) is 0 Å². The van der Waals surface area contributed by atoms with Gasteiger partial charge < -0.3 is 4.42 Å². The molecule has 24 heavy (non-hydrogen) atoms. The second kappa shape index (κ2) is 7.06. The maximum atomic E-state index is 5.50. The SMILES string of the molecule is Cc1nnc(CCCN2CCC[C@@H]2[C@H]2CCCc3ccccc32)o1. The number of likely N-dealkylation sites (tertiary alicyclic amines) is 1. The molecular weight excluding hydrogens is 298 g/mol. The predicted octanol–water partition coefficient (Wildman–Crippen LogP) is 3.90. The Morgan fingerprint density at radius 1 is 1.17 bits per heavy atom. The summed E-state index contributed by atoms with van der Waals surface area (Å²) in [5.41, 5.74) is 3.20. The Hall–Kier alpha value is -1.68. The van der Waals surface area contributed by atoms with Gasteiger partial charge in [-0.15, -0.1) is 10.2 Å². The van der Waals surface area contributed by atoms with Crippen LogP contribution in [-0.2, 0) is 12.8 Å². The summed E-state index contributed by atoms with van der Waals surface area (Å²) in [4.78, 5) is 2.72. The quantitative estimate of drug-likeness (QED) is 0.836. The average Bonchev–Trinajstić information content (AvgIpc) is 3.23. The standard InChI is InChI=1S/C20H27N3O/c1-15-21-22-20(24-15)12-6-14-23-13-5-11-19(23)18-10-4-8-16-7-2-3-9-17(16)18/h2-3,7,9,18-19H,4-6,8,10-14H2,1H3/t18-,19+/m0/s1. The zero-order chi connectivity index (χ0) is 16.4. The minimum Gasteiger partial charge on any atom is -0.426 e. The van der Waals surface area contributed by atoms with Crippen molar-refractivity contribution in [2.45, 2.75) is 63.8 Å². The van der Waals surface area contributed by atoms with Crippen molar-refractivity contribution in [3.05, 3.63) is 47.2 Å². The van der Waals surface area contributed by atoms with Crippen molar-refractivity contribution >= 4 is 0 Å². The van der Waals surface area contributed by atoms with Crippen molar-refractivity contribution in [3.63, 3.8) is 0 Å². The molecule has 0 spiro atoms. The molecule has 0 amide bonds. The van der Waals surface area contributed by atoms with Gasteiger partial charge in [0.15, 0.2) is 0 Å².